The fourth-order valence-electron chi connectivity index (χ4n) is 3.79. The number of nitrogens with one attached hydrogen (secondary N) is 1. The molecule has 0 aliphatic carbocycles. The summed E-state index contributed by atoms with van der Waals surface area (Å²) in [5, 5.41) is 3.57. The highest BCUT2D eigenvalue weighted by Crippen LogP contribution is 2.24. The molecule has 3 rings (SSSR count). The van der Waals surface area contributed by atoms with Gasteiger partial charge in [0, 0.05) is 18.1 Å². The largest absolute Gasteiger partial charge is 0.349 e. The van der Waals surface area contributed by atoms with Crippen molar-refractivity contribution in [2.75, 3.05) is 13.1 Å². The van der Waals surface area contributed by atoms with Crippen molar-refractivity contribution in [1.82, 2.24) is 9.62 Å². The minimum absolute atomic E-state index is 0.0928. The van der Waals surface area contributed by atoms with E-state index in [1.807, 2.05) is 19.1 Å². The molecule has 162 valence electrons. The van der Waals surface area contributed by atoms with Gasteiger partial charge in [-0.05, 0) is 55.0 Å². The number of hydrogen-bond acceptors (Lipinski definition) is 3. The second kappa shape index (κ2) is 9.94. The van der Waals surface area contributed by atoms with Crippen molar-refractivity contribution in [3.8, 4) is 0 Å². The van der Waals surface area contributed by atoms with Crippen molar-refractivity contribution < 1.29 is 13.2 Å². The second-order valence-electron chi connectivity index (χ2n) is 7.91. The Balaban J connectivity index is 1.62. The van der Waals surface area contributed by atoms with Crippen molar-refractivity contribution >= 4 is 27.5 Å². The predicted octanol–water partition coefficient (Wildman–Crippen LogP) is 4.32. The van der Waals surface area contributed by atoms with Gasteiger partial charge in [0.25, 0.3) is 0 Å². The van der Waals surface area contributed by atoms with E-state index in [-0.39, 0.29) is 30.2 Å². The fourth-order valence-corrected chi connectivity index (χ4v) is 5.60. The van der Waals surface area contributed by atoms with Crippen LogP contribution >= 0.6 is 11.6 Å². The maximum absolute atomic E-state index is 12.9. The molecule has 1 aliphatic rings. The number of sulfonamides is 1. The molecule has 1 saturated heterocycles. The van der Waals surface area contributed by atoms with E-state index in [2.05, 4.69) is 24.4 Å². The van der Waals surface area contributed by atoms with Crippen LogP contribution in [-0.4, -0.2) is 31.7 Å². The first-order valence-corrected chi connectivity index (χ1v) is 12.4. The number of carbonyl (C=O) groups excluding carboxylic acids is 1. The van der Waals surface area contributed by atoms with Crippen LogP contribution in [0.2, 0.25) is 5.02 Å². The SMILES string of the molecule is CCc1ccc([C@H](C)NC(=O)[C@@H]2CCCN(S(=O)(=O)Cc3cccc(Cl)c3)C2)cc1. The van der Waals surface area contributed by atoms with E-state index in [4.69, 9.17) is 11.6 Å². The van der Waals surface area contributed by atoms with E-state index in [0.717, 1.165) is 12.0 Å². The number of halogens is 1. The Labute approximate surface area is 184 Å². The molecule has 1 amide bonds. The molecular weight excluding hydrogens is 420 g/mol. The van der Waals surface area contributed by atoms with Crippen LogP contribution in [0.15, 0.2) is 48.5 Å². The van der Waals surface area contributed by atoms with Crippen LogP contribution < -0.4 is 5.32 Å². The highest BCUT2D eigenvalue weighted by Gasteiger charge is 2.32. The van der Waals surface area contributed by atoms with E-state index < -0.39 is 10.0 Å². The van der Waals surface area contributed by atoms with Crippen LogP contribution in [0.3, 0.4) is 0 Å². The molecule has 2 atom stereocenters. The highest BCUT2D eigenvalue weighted by atomic mass is 35.5. The van der Waals surface area contributed by atoms with Gasteiger partial charge in [-0.15, -0.1) is 0 Å². The minimum atomic E-state index is -3.51. The minimum Gasteiger partial charge on any atom is -0.349 e. The number of rotatable bonds is 7. The third-order valence-corrected chi connectivity index (χ3v) is 7.68. The van der Waals surface area contributed by atoms with Gasteiger partial charge in [0.2, 0.25) is 15.9 Å². The Morgan fingerprint density at radius 1 is 1.20 bits per heavy atom. The standard InChI is InChI=1S/C23H29ClN2O3S/c1-3-18-9-11-20(12-10-18)17(2)25-23(27)21-7-5-13-26(15-21)30(28,29)16-19-6-4-8-22(24)14-19/h4,6,8-12,14,17,21H,3,5,7,13,15-16H2,1-2H3,(H,25,27)/t17-,21+/m0/s1. The van der Waals surface area contributed by atoms with Crippen LogP contribution in [0, 0.1) is 5.92 Å². The Morgan fingerprint density at radius 3 is 2.60 bits per heavy atom. The Morgan fingerprint density at radius 2 is 1.93 bits per heavy atom. The highest BCUT2D eigenvalue weighted by molar-refractivity contribution is 7.88. The monoisotopic (exact) mass is 448 g/mol. The van der Waals surface area contributed by atoms with Crippen molar-refractivity contribution in [3.63, 3.8) is 0 Å². The Hall–Kier alpha value is -1.89. The number of nitrogens with zero attached hydrogens (tertiary/aromatic N) is 1. The summed E-state index contributed by atoms with van der Waals surface area (Å²) >= 11 is 5.98. The van der Waals surface area contributed by atoms with Crippen molar-refractivity contribution in [1.29, 1.82) is 0 Å². The molecule has 1 heterocycles. The maximum atomic E-state index is 12.9. The van der Waals surface area contributed by atoms with Gasteiger partial charge >= 0.3 is 0 Å². The lowest BCUT2D eigenvalue weighted by Gasteiger charge is -2.32. The van der Waals surface area contributed by atoms with Crippen LogP contribution in [0.5, 0.6) is 0 Å². The molecule has 0 aromatic heterocycles. The summed E-state index contributed by atoms with van der Waals surface area (Å²) in [6.45, 7) is 4.72. The van der Waals surface area contributed by atoms with Gasteiger partial charge in [0.1, 0.15) is 0 Å². The first kappa shape index (κ1) is 22.8. The molecule has 30 heavy (non-hydrogen) atoms. The molecule has 5 nitrogen and oxygen atoms in total. The first-order valence-electron chi connectivity index (χ1n) is 10.4. The summed E-state index contributed by atoms with van der Waals surface area (Å²) in [4.78, 5) is 12.8. The van der Waals surface area contributed by atoms with E-state index in [1.54, 1.807) is 24.3 Å². The lowest BCUT2D eigenvalue weighted by atomic mass is 9.97. The van der Waals surface area contributed by atoms with Crippen molar-refractivity contribution in [2.24, 2.45) is 5.92 Å². The van der Waals surface area contributed by atoms with Gasteiger partial charge in [0.15, 0.2) is 0 Å². The van der Waals surface area contributed by atoms with Gasteiger partial charge in [-0.25, -0.2) is 12.7 Å². The van der Waals surface area contributed by atoms with Crippen LogP contribution in [-0.2, 0) is 27.0 Å². The number of aryl methyl sites for hydroxylation is 1. The Bertz CT molecular complexity index is 976. The predicted molar refractivity (Wildman–Crippen MR) is 121 cm³/mol. The molecule has 0 bridgehead atoms. The average molecular weight is 449 g/mol. The molecule has 1 N–H and O–H groups in total. The average Bonchev–Trinajstić information content (AvgIpc) is 2.73. The lowest BCUT2D eigenvalue weighted by Crippen LogP contribution is -2.46. The molecule has 7 heteroatoms. The molecule has 2 aromatic rings. The topological polar surface area (TPSA) is 66.5 Å². The normalized spacial score (nSPS) is 18.7. The molecule has 2 aromatic carbocycles. The second-order valence-corrected chi connectivity index (χ2v) is 10.3. The molecule has 1 fully saturated rings. The third kappa shape index (κ3) is 5.84. The summed E-state index contributed by atoms with van der Waals surface area (Å²) in [6.07, 6.45) is 2.34. The summed E-state index contributed by atoms with van der Waals surface area (Å²) in [5.74, 6) is -0.544. The zero-order chi connectivity index (χ0) is 21.7. The molecular formula is C23H29ClN2O3S. The van der Waals surface area contributed by atoms with E-state index in [0.29, 0.717) is 30.0 Å². The van der Waals surface area contributed by atoms with Gasteiger partial charge in [-0.3, -0.25) is 4.79 Å². The number of hydrogen-bond donors (Lipinski definition) is 1. The number of carbonyl (C=O) groups is 1. The molecule has 0 spiro atoms. The zero-order valence-corrected chi connectivity index (χ0v) is 19.0. The fraction of sp³-hybridized carbons (Fsp3) is 0.435. The Kier molecular flexibility index (Phi) is 7.55. The van der Waals surface area contributed by atoms with E-state index in [1.165, 1.54) is 9.87 Å². The summed E-state index contributed by atoms with van der Waals surface area (Å²) in [5.41, 5.74) is 2.95. The van der Waals surface area contributed by atoms with Crippen LogP contribution in [0.4, 0.5) is 0 Å². The molecule has 0 unspecified atom stereocenters. The lowest BCUT2D eigenvalue weighted by molar-refractivity contribution is -0.126. The van der Waals surface area contributed by atoms with Gasteiger partial charge in [-0.2, -0.15) is 0 Å². The third-order valence-electron chi connectivity index (χ3n) is 5.63. The van der Waals surface area contributed by atoms with Crippen molar-refractivity contribution in [2.45, 2.75) is 44.9 Å². The van der Waals surface area contributed by atoms with Crippen LogP contribution in [0.1, 0.15) is 49.4 Å². The number of amides is 1. The molecule has 1 aliphatic heterocycles. The van der Waals surface area contributed by atoms with Gasteiger partial charge < -0.3 is 5.32 Å². The quantitative estimate of drug-likeness (QED) is 0.685. The van der Waals surface area contributed by atoms with Gasteiger partial charge in [-0.1, -0.05) is 54.9 Å². The summed E-state index contributed by atoms with van der Waals surface area (Å²) < 4.78 is 27.2. The van der Waals surface area contributed by atoms with Crippen molar-refractivity contribution in [3.05, 3.63) is 70.2 Å². The van der Waals surface area contributed by atoms with E-state index in [9.17, 15) is 13.2 Å². The summed E-state index contributed by atoms with van der Waals surface area (Å²) in [6, 6.07) is 15.0. The first-order chi connectivity index (χ1) is 14.3. The number of piperidine rings is 1. The summed E-state index contributed by atoms with van der Waals surface area (Å²) in [7, 11) is -3.51. The smallest absolute Gasteiger partial charge is 0.224 e. The van der Waals surface area contributed by atoms with Gasteiger partial charge in [0.05, 0.1) is 17.7 Å². The zero-order valence-electron chi connectivity index (χ0n) is 17.5. The molecule has 0 radical (unpaired) electrons. The molecule has 0 saturated carbocycles. The van der Waals surface area contributed by atoms with E-state index >= 15 is 0 Å². The number of benzene rings is 2. The maximum Gasteiger partial charge on any atom is 0.224 e. The van der Waals surface area contributed by atoms with Crippen LogP contribution in [0.25, 0.3) is 0 Å².